The average molecular weight is 475 g/mol. The molecule has 10 unspecified atom stereocenters. The molecule has 5 nitrogen and oxygen atoms in total. The van der Waals surface area contributed by atoms with E-state index in [2.05, 4.69) is 34.6 Å². The lowest BCUT2D eigenvalue weighted by molar-refractivity contribution is -0.248. The van der Waals surface area contributed by atoms with Crippen molar-refractivity contribution in [1.82, 2.24) is 0 Å². The van der Waals surface area contributed by atoms with Crippen molar-refractivity contribution in [2.45, 2.75) is 105 Å². The van der Waals surface area contributed by atoms with Crippen LogP contribution < -0.4 is 0 Å². The number of rotatable bonds is 3. The molecule has 0 aromatic rings. The van der Waals surface area contributed by atoms with Gasteiger partial charge in [0.2, 0.25) is 0 Å². The van der Waals surface area contributed by atoms with Gasteiger partial charge in [-0.2, -0.15) is 0 Å². The van der Waals surface area contributed by atoms with Gasteiger partial charge in [-0.25, -0.2) is 0 Å². The molecule has 10 atom stereocenters. The van der Waals surface area contributed by atoms with Crippen LogP contribution in [-0.4, -0.2) is 39.8 Å². The van der Waals surface area contributed by atoms with Crippen LogP contribution in [0.5, 0.6) is 0 Å². The van der Waals surface area contributed by atoms with E-state index in [1.807, 2.05) is 0 Å². The Morgan fingerprint density at radius 2 is 1.50 bits per heavy atom. The van der Waals surface area contributed by atoms with Crippen molar-refractivity contribution in [2.24, 2.45) is 56.7 Å². The lowest BCUT2D eigenvalue weighted by Crippen LogP contribution is -2.67. The summed E-state index contributed by atoms with van der Waals surface area (Å²) in [4.78, 5) is 25.5. The Balaban J connectivity index is 1.56. The van der Waals surface area contributed by atoms with Gasteiger partial charge >= 0.3 is 5.97 Å². The van der Waals surface area contributed by atoms with Crippen LogP contribution in [0.25, 0.3) is 0 Å². The van der Waals surface area contributed by atoms with Gasteiger partial charge in [-0.3, -0.25) is 9.59 Å². The molecule has 5 fully saturated rings. The lowest BCUT2D eigenvalue weighted by atomic mass is 9.32. The Bertz CT molecular complexity index is 882. The maximum absolute atomic E-state index is 12.8. The summed E-state index contributed by atoms with van der Waals surface area (Å²) in [6.45, 7) is 11.5. The van der Waals surface area contributed by atoms with Crippen molar-refractivity contribution in [3.63, 3.8) is 0 Å². The molecule has 5 aliphatic rings. The smallest absolute Gasteiger partial charge is 0.309 e. The Morgan fingerprint density at radius 1 is 0.794 bits per heavy atom. The highest BCUT2D eigenvalue weighted by atomic mass is 16.4. The monoisotopic (exact) mass is 474 g/mol. The number of Topliss-reactive ketones (excluding diaryl/α,β-unsaturated/α-hetero) is 1. The summed E-state index contributed by atoms with van der Waals surface area (Å²) >= 11 is 0. The Morgan fingerprint density at radius 3 is 2.15 bits per heavy atom. The molecular formula is C29H46O5. The van der Waals surface area contributed by atoms with E-state index in [1.165, 1.54) is 0 Å². The molecule has 0 heterocycles. The third-order valence-electron chi connectivity index (χ3n) is 13.4. The number of aliphatic hydroxyl groups excluding tert-OH is 2. The summed E-state index contributed by atoms with van der Waals surface area (Å²) in [5.41, 5.74) is -0.616. The fraction of sp³-hybridized carbons (Fsp3) is 0.931. The van der Waals surface area contributed by atoms with Gasteiger partial charge in [-0.1, -0.05) is 34.6 Å². The molecule has 0 amide bonds. The second-order valence-corrected chi connectivity index (χ2v) is 14.3. The zero-order valence-corrected chi connectivity index (χ0v) is 21.9. The van der Waals surface area contributed by atoms with Gasteiger partial charge in [0, 0.05) is 5.92 Å². The number of carboxylic acid groups (broad SMARTS) is 1. The topological polar surface area (TPSA) is 94.8 Å². The van der Waals surface area contributed by atoms with E-state index >= 15 is 0 Å². The van der Waals surface area contributed by atoms with Gasteiger partial charge in [0.05, 0.1) is 11.5 Å². The molecule has 0 bridgehead atoms. The summed E-state index contributed by atoms with van der Waals surface area (Å²) in [5.74, 6) is -0.0831. The highest BCUT2D eigenvalue weighted by Gasteiger charge is 2.72. The van der Waals surface area contributed by atoms with E-state index in [1.54, 1.807) is 0 Å². The summed E-state index contributed by atoms with van der Waals surface area (Å²) < 4.78 is 0. The maximum atomic E-state index is 12.8. The van der Waals surface area contributed by atoms with Crippen molar-refractivity contribution < 1.29 is 24.9 Å². The van der Waals surface area contributed by atoms with Crippen LogP contribution in [0.2, 0.25) is 0 Å². The number of carboxylic acids is 1. The number of carbonyl (C=O) groups is 2. The van der Waals surface area contributed by atoms with E-state index in [0.29, 0.717) is 31.1 Å². The van der Waals surface area contributed by atoms with E-state index in [0.717, 1.165) is 44.9 Å². The molecule has 5 heteroatoms. The van der Waals surface area contributed by atoms with Gasteiger partial charge in [0.25, 0.3) is 0 Å². The molecule has 5 saturated carbocycles. The Kier molecular flexibility index (Phi) is 5.48. The van der Waals surface area contributed by atoms with Crippen molar-refractivity contribution in [3.05, 3.63) is 0 Å². The van der Waals surface area contributed by atoms with Crippen LogP contribution in [0, 0.1) is 56.7 Å². The number of hydrogen-bond acceptors (Lipinski definition) is 4. The van der Waals surface area contributed by atoms with Crippen LogP contribution in [0.3, 0.4) is 0 Å². The molecule has 34 heavy (non-hydrogen) atoms. The van der Waals surface area contributed by atoms with Gasteiger partial charge < -0.3 is 15.3 Å². The van der Waals surface area contributed by atoms with Crippen LogP contribution in [0.1, 0.15) is 98.8 Å². The molecule has 0 aromatic carbocycles. The van der Waals surface area contributed by atoms with Crippen molar-refractivity contribution >= 4 is 11.8 Å². The molecule has 5 rings (SSSR count). The van der Waals surface area contributed by atoms with E-state index in [-0.39, 0.29) is 51.3 Å². The molecule has 5 aliphatic carbocycles. The molecule has 192 valence electrons. The average Bonchev–Trinajstić information content (AvgIpc) is 3.18. The predicted octanol–water partition coefficient (Wildman–Crippen LogP) is 5.07. The van der Waals surface area contributed by atoms with Crippen molar-refractivity contribution in [2.75, 3.05) is 6.61 Å². The first-order valence-corrected chi connectivity index (χ1v) is 13.8. The van der Waals surface area contributed by atoms with Crippen molar-refractivity contribution in [1.29, 1.82) is 0 Å². The standard InChI is InChI=1S/C29H46O5/c1-25(2)20-9-12-28(5)21(26(20,3)11-10-22(25)32)7-6-18-23-17(19(31)16-30)8-13-29(23,24(33)34)15-14-27(18,28)4/h17-18,20-23,30,32H,6-16H2,1-5H3,(H,33,34). The van der Waals surface area contributed by atoms with Gasteiger partial charge in [-0.15, -0.1) is 0 Å². The first-order chi connectivity index (χ1) is 15.8. The van der Waals surface area contributed by atoms with Gasteiger partial charge in [-0.05, 0) is 110 Å². The van der Waals surface area contributed by atoms with Gasteiger partial charge in [0.15, 0.2) is 5.78 Å². The van der Waals surface area contributed by atoms with Gasteiger partial charge in [0.1, 0.15) is 6.61 Å². The zero-order chi connectivity index (χ0) is 24.9. The minimum atomic E-state index is -0.805. The second-order valence-electron chi connectivity index (χ2n) is 14.3. The number of aliphatic carboxylic acids is 1. The highest BCUT2D eigenvalue weighted by Crippen LogP contribution is 2.77. The van der Waals surface area contributed by atoms with E-state index in [9.17, 15) is 24.9 Å². The largest absolute Gasteiger partial charge is 0.481 e. The molecule has 0 radical (unpaired) electrons. The molecule has 0 aliphatic heterocycles. The molecule has 3 N–H and O–H groups in total. The quantitative estimate of drug-likeness (QED) is 0.530. The van der Waals surface area contributed by atoms with Crippen LogP contribution >= 0.6 is 0 Å². The lowest BCUT2D eigenvalue weighted by Gasteiger charge is -2.72. The molecule has 0 aromatic heterocycles. The summed E-state index contributed by atoms with van der Waals surface area (Å²) in [7, 11) is 0. The minimum Gasteiger partial charge on any atom is -0.481 e. The maximum Gasteiger partial charge on any atom is 0.309 e. The SMILES string of the molecule is CC1(C)C(O)CCC2(C)C1CCC1(C)C2CCC2C3C(C(=O)CO)CCC3(C(=O)O)CCC21C. The molecule has 0 saturated heterocycles. The Hall–Kier alpha value is -0.940. The zero-order valence-electron chi connectivity index (χ0n) is 21.9. The van der Waals surface area contributed by atoms with E-state index < -0.39 is 18.0 Å². The highest BCUT2D eigenvalue weighted by molar-refractivity contribution is 5.85. The fourth-order valence-electron chi connectivity index (χ4n) is 11.4. The first kappa shape index (κ1) is 24.7. The number of carbonyl (C=O) groups excluding carboxylic acids is 1. The number of ketones is 1. The summed E-state index contributed by atoms with van der Waals surface area (Å²) in [5, 5.41) is 31.0. The van der Waals surface area contributed by atoms with Crippen molar-refractivity contribution in [3.8, 4) is 0 Å². The third-order valence-corrected chi connectivity index (χ3v) is 13.4. The summed E-state index contributed by atoms with van der Waals surface area (Å²) in [6.07, 6.45) is 8.74. The number of aliphatic hydroxyl groups is 2. The van der Waals surface area contributed by atoms with Crippen LogP contribution in [0.4, 0.5) is 0 Å². The Labute approximate surface area is 205 Å². The molecular weight excluding hydrogens is 428 g/mol. The predicted molar refractivity (Wildman–Crippen MR) is 130 cm³/mol. The first-order valence-electron chi connectivity index (χ1n) is 13.8. The third kappa shape index (κ3) is 2.80. The van der Waals surface area contributed by atoms with Crippen LogP contribution in [-0.2, 0) is 9.59 Å². The number of hydrogen-bond donors (Lipinski definition) is 3. The summed E-state index contributed by atoms with van der Waals surface area (Å²) in [6, 6.07) is 0. The van der Waals surface area contributed by atoms with E-state index in [4.69, 9.17) is 0 Å². The minimum absolute atomic E-state index is 0.00789. The number of fused-ring (bicyclic) bond motifs is 7. The van der Waals surface area contributed by atoms with Crippen LogP contribution in [0.15, 0.2) is 0 Å². The fourth-order valence-corrected chi connectivity index (χ4v) is 11.4. The molecule has 0 spiro atoms. The normalized spacial score (nSPS) is 53.7. The second kappa shape index (κ2) is 7.54.